The molecule has 0 atom stereocenters. The van der Waals surface area contributed by atoms with Gasteiger partial charge in [0, 0.05) is 11.2 Å². The third-order valence-electron chi connectivity index (χ3n) is 4.28. The van der Waals surface area contributed by atoms with Crippen molar-refractivity contribution in [1.82, 2.24) is 4.57 Å². The van der Waals surface area contributed by atoms with Crippen LogP contribution in [0, 0.1) is 25.2 Å². The Morgan fingerprint density at radius 1 is 1.44 bits per heavy atom. The highest BCUT2D eigenvalue weighted by atomic mass is 15.1. The summed E-state index contributed by atoms with van der Waals surface area (Å²) in [7, 11) is 0. The number of rotatable bonds is 2. The lowest BCUT2D eigenvalue weighted by molar-refractivity contribution is 0.137. The van der Waals surface area contributed by atoms with Crippen LogP contribution in [0.3, 0.4) is 0 Å². The van der Waals surface area contributed by atoms with E-state index in [1.165, 1.54) is 19.3 Å². The van der Waals surface area contributed by atoms with Gasteiger partial charge < -0.3 is 10.3 Å². The number of nitrogen functional groups attached to an aromatic ring is 1. The molecule has 16 heavy (non-hydrogen) atoms. The lowest BCUT2D eigenvalue weighted by atomic mass is 9.74. The van der Waals surface area contributed by atoms with E-state index in [4.69, 9.17) is 11.0 Å². The van der Waals surface area contributed by atoms with Gasteiger partial charge in [-0.25, -0.2) is 0 Å². The lowest BCUT2D eigenvalue weighted by Crippen LogP contribution is -2.41. The first-order chi connectivity index (χ1) is 7.57. The molecule has 0 bridgehead atoms. The fourth-order valence-corrected chi connectivity index (χ4v) is 2.91. The Bertz CT molecular complexity index is 453. The van der Waals surface area contributed by atoms with Gasteiger partial charge >= 0.3 is 0 Å². The van der Waals surface area contributed by atoms with Crippen molar-refractivity contribution < 1.29 is 0 Å². The molecule has 1 aliphatic rings. The van der Waals surface area contributed by atoms with Gasteiger partial charge in [0.15, 0.2) is 0 Å². The minimum absolute atomic E-state index is 0.189. The maximum absolute atomic E-state index is 9.12. The second-order valence-corrected chi connectivity index (χ2v) is 4.85. The van der Waals surface area contributed by atoms with Crippen molar-refractivity contribution in [2.75, 3.05) is 5.73 Å². The number of hydrogen-bond acceptors (Lipinski definition) is 2. The van der Waals surface area contributed by atoms with Gasteiger partial charge in [0.25, 0.3) is 0 Å². The molecule has 1 aliphatic carbocycles. The molecular formula is C13H19N3. The largest absolute Gasteiger partial charge is 0.384 e. The molecule has 0 radical (unpaired) electrons. The van der Waals surface area contributed by atoms with Crippen molar-refractivity contribution in [3.8, 4) is 6.07 Å². The summed E-state index contributed by atoms with van der Waals surface area (Å²) < 4.78 is 2.21. The maximum Gasteiger partial charge on any atom is 0.122 e. The normalized spacial score (nSPS) is 17.9. The third-order valence-corrected chi connectivity index (χ3v) is 4.28. The molecule has 0 aliphatic heterocycles. The second kappa shape index (κ2) is 3.55. The Morgan fingerprint density at radius 2 is 2.06 bits per heavy atom. The Morgan fingerprint density at radius 3 is 2.38 bits per heavy atom. The topological polar surface area (TPSA) is 54.7 Å². The number of aromatic nitrogens is 1. The Kier molecular flexibility index (Phi) is 2.46. The van der Waals surface area contributed by atoms with Gasteiger partial charge in [-0.05, 0) is 45.1 Å². The molecule has 0 unspecified atom stereocenters. The fraction of sp³-hybridized carbons (Fsp3) is 0.615. The number of nitrogens with zero attached hydrogens (tertiary/aromatic N) is 2. The summed E-state index contributed by atoms with van der Waals surface area (Å²) in [5.74, 6) is 0.666. The predicted octanol–water partition coefficient (Wildman–Crippen LogP) is 2.85. The van der Waals surface area contributed by atoms with Crippen LogP contribution in [0.1, 0.15) is 49.4 Å². The molecule has 3 heteroatoms. The highest BCUT2D eigenvalue weighted by molar-refractivity contribution is 5.58. The van der Waals surface area contributed by atoms with Crippen LogP contribution in [0.15, 0.2) is 0 Å². The van der Waals surface area contributed by atoms with Crippen LogP contribution >= 0.6 is 0 Å². The molecule has 2 N–H and O–H groups in total. The van der Waals surface area contributed by atoms with Gasteiger partial charge in [-0.2, -0.15) is 5.26 Å². The summed E-state index contributed by atoms with van der Waals surface area (Å²) in [4.78, 5) is 0. The molecule has 1 aromatic rings. The van der Waals surface area contributed by atoms with Crippen molar-refractivity contribution in [2.45, 2.75) is 52.0 Å². The SMILES string of the molecule is CCC1(n2c(C)c(C)c(C#N)c2N)CCC1. The van der Waals surface area contributed by atoms with E-state index < -0.39 is 0 Å². The Hall–Kier alpha value is -1.43. The zero-order valence-corrected chi connectivity index (χ0v) is 10.3. The van der Waals surface area contributed by atoms with Crippen molar-refractivity contribution in [3.05, 3.63) is 16.8 Å². The van der Waals surface area contributed by atoms with Crippen molar-refractivity contribution in [3.63, 3.8) is 0 Å². The minimum Gasteiger partial charge on any atom is -0.384 e. The molecule has 0 aromatic carbocycles. The highest BCUT2D eigenvalue weighted by Gasteiger charge is 2.39. The van der Waals surface area contributed by atoms with Gasteiger partial charge in [0.1, 0.15) is 11.9 Å². The van der Waals surface area contributed by atoms with Gasteiger partial charge in [0.05, 0.1) is 5.56 Å². The monoisotopic (exact) mass is 217 g/mol. The average Bonchev–Trinajstić information content (AvgIpc) is 2.42. The molecule has 0 amide bonds. The molecule has 0 spiro atoms. The number of anilines is 1. The second-order valence-electron chi connectivity index (χ2n) is 4.85. The third kappa shape index (κ3) is 1.19. The summed E-state index contributed by atoms with van der Waals surface area (Å²) in [6, 6.07) is 2.22. The number of nitrogens with two attached hydrogens (primary N) is 1. The van der Waals surface area contributed by atoms with E-state index in [1.807, 2.05) is 6.92 Å². The summed E-state index contributed by atoms with van der Waals surface area (Å²) >= 11 is 0. The zero-order chi connectivity index (χ0) is 11.9. The van der Waals surface area contributed by atoms with Gasteiger partial charge in [-0.15, -0.1) is 0 Å². The number of hydrogen-bond donors (Lipinski definition) is 1. The van der Waals surface area contributed by atoms with Gasteiger partial charge in [0.2, 0.25) is 0 Å². The van der Waals surface area contributed by atoms with Crippen LogP contribution in [0.5, 0.6) is 0 Å². The molecule has 0 saturated heterocycles. The molecule has 3 nitrogen and oxygen atoms in total. The van der Waals surface area contributed by atoms with E-state index in [0.29, 0.717) is 11.4 Å². The van der Waals surface area contributed by atoms with Crippen molar-refractivity contribution >= 4 is 5.82 Å². The summed E-state index contributed by atoms with van der Waals surface area (Å²) in [5, 5.41) is 9.12. The summed E-state index contributed by atoms with van der Waals surface area (Å²) in [6.07, 6.45) is 4.74. The Balaban J connectivity index is 2.62. The van der Waals surface area contributed by atoms with Crippen molar-refractivity contribution in [2.24, 2.45) is 0 Å². The van der Waals surface area contributed by atoms with Crippen LogP contribution in [-0.2, 0) is 5.54 Å². The highest BCUT2D eigenvalue weighted by Crippen LogP contribution is 2.46. The molecular weight excluding hydrogens is 198 g/mol. The number of nitriles is 1. The van der Waals surface area contributed by atoms with E-state index in [-0.39, 0.29) is 5.54 Å². The van der Waals surface area contributed by atoms with Crippen LogP contribution in [0.4, 0.5) is 5.82 Å². The van der Waals surface area contributed by atoms with E-state index in [1.54, 1.807) is 0 Å². The zero-order valence-electron chi connectivity index (χ0n) is 10.3. The summed E-state index contributed by atoms with van der Waals surface area (Å²) in [6.45, 7) is 6.27. The van der Waals surface area contributed by atoms with Crippen LogP contribution < -0.4 is 5.73 Å². The first-order valence-corrected chi connectivity index (χ1v) is 5.95. The molecule has 86 valence electrons. The van der Waals surface area contributed by atoms with Gasteiger partial charge in [-0.3, -0.25) is 0 Å². The molecule has 1 fully saturated rings. The smallest absolute Gasteiger partial charge is 0.122 e. The van der Waals surface area contributed by atoms with Crippen LogP contribution in [-0.4, -0.2) is 4.57 Å². The van der Waals surface area contributed by atoms with E-state index in [2.05, 4.69) is 24.5 Å². The van der Waals surface area contributed by atoms with Crippen LogP contribution in [0.25, 0.3) is 0 Å². The summed E-state index contributed by atoms with van der Waals surface area (Å²) in [5.41, 5.74) is 9.18. The quantitative estimate of drug-likeness (QED) is 0.828. The first kappa shape index (κ1) is 11.1. The molecule has 1 saturated carbocycles. The van der Waals surface area contributed by atoms with Crippen molar-refractivity contribution in [1.29, 1.82) is 5.26 Å². The standard InChI is InChI=1S/C13H19N3/c1-4-13(6-5-7-13)16-10(3)9(2)11(8-14)12(16)15/h4-7,15H2,1-3H3. The van der Waals surface area contributed by atoms with Gasteiger partial charge in [-0.1, -0.05) is 6.92 Å². The lowest BCUT2D eigenvalue weighted by Gasteiger charge is -2.44. The van der Waals surface area contributed by atoms with Crippen LogP contribution in [0.2, 0.25) is 0 Å². The van der Waals surface area contributed by atoms with E-state index in [9.17, 15) is 0 Å². The molecule has 1 heterocycles. The average molecular weight is 217 g/mol. The fourth-order valence-electron chi connectivity index (χ4n) is 2.91. The molecule has 2 rings (SSSR count). The predicted molar refractivity (Wildman–Crippen MR) is 65.1 cm³/mol. The van der Waals surface area contributed by atoms with E-state index >= 15 is 0 Å². The van der Waals surface area contributed by atoms with E-state index in [0.717, 1.165) is 17.7 Å². The Labute approximate surface area is 96.9 Å². The maximum atomic E-state index is 9.12. The minimum atomic E-state index is 0.189. The first-order valence-electron chi connectivity index (χ1n) is 5.95. The molecule has 1 aromatic heterocycles.